The Morgan fingerprint density at radius 1 is 1.25 bits per heavy atom. The quantitative estimate of drug-likeness (QED) is 0.641. The van der Waals surface area contributed by atoms with E-state index >= 15 is 0 Å². The Morgan fingerprint density at radius 3 is 2.44 bits per heavy atom. The maximum Gasteiger partial charge on any atom is 0.387 e. The molecule has 0 N–H and O–H groups in total. The maximum atomic E-state index is 12.1. The number of thiol groups is 1. The van der Waals surface area contributed by atoms with Gasteiger partial charge in [-0.3, -0.25) is 0 Å². The van der Waals surface area contributed by atoms with Crippen molar-refractivity contribution in [1.29, 1.82) is 0 Å². The summed E-state index contributed by atoms with van der Waals surface area (Å²) < 4.78 is 34.0. The van der Waals surface area contributed by atoms with E-state index in [4.69, 9.17) is 4.74 Å². The third kappa shape index (κ3) is 4.09. The highest BCUT2D eigenvalue weighted by Crippen LogP contribution is 2.35. The predicted molar refractivity (Wildman–Crippen MR) is 63.7 cm³/mol. The van der Waals surface area contributed by atoms with Crippen LogP contribution >= 0.6 is 22.5 Å². The van der Waals surface area contributed by atoms with Gasteiger partial charge in [0.1, 0.15) is 11.5 Å². The number of halogens is 2. The fourth-order valence-corrected chi connectivity index (χ4v) is 1.88. The first kappa shape index (κ1) is 13.4. The van der Waals surface area contributed by atoms with Crippen LogP contribution in [0.1, 0.15) is 13.8 Å². The molecule has 1 aromatic rings. The lowest BCUT2D eigenvalue weighted by molar-refractivity contribution is -0.0517. The summed E-state index contributed by atoms with van der Waals surface area (Å²) >= 11 is 3.96. The number of rotatable bonds is 5. The van der Waals surface area contributed by atoms with Crippen LogP contribution in [0.5, 0.6) is 11.5 Å². The van der Waals surface area contributed by atoms with Gasteiger partial charge in [0.2, 0.25) is 0 Å². The maximum absolute atomic E-state index is 12.1. The average molecular weight is 266 g/mol. The van der Waals surface area contributed by atoms with Gasteiger partial charge in [0, 0.05) is 6.07 Å². The molecule has 0 amide bonds. The second-order valence-corrected chi connectivity index (χ2v) is 4.42. The van der Waals surface area contributed by atoms with Crippen molar-refractivity contribution in [1.82, 2.24) is 0 Å². The molecule has 0 unspecified atom stereocenters. The third-order valence-electron chi connectivity index (χ3n) is 1.60. The van der Waals surface area contributed by atoms with Crippen molar-refractivity contribution in [3.8, 4) is 11.5 Å². The second-order valence-electron chi connectivity index (χ2n) is 3.24. The van der Waals surface area contributed by atoms with Crippen molar-refractivity contribution in [2.75, 3.05) is 0 Å². The molecule has 0 saturated carbocycles. The Balaban J connectivity index is 2.91. The SMILES string of the molecule is CC(C)Oc1ccc(SS)c(OC(F)F)c1. The zero-order chi connectivity index (χ0) is 12.1. The molecular weight excluding hydrogens is 254 g/mol. The van der Waals surface area contributed by atoms with Gasteiger partial charge in [-0.1, -0.05) is 10.8 Å². The van der Waals surface area contributed by atoms with E-state index in [1.807, 2.05) is 13.8 Å². The van der Waals surface area contributed by atoms with Crippen molar-refractivity contribution in [3.63, 3.8) is 0 Å². The van der Waals surface area contributed by atoms with E-state index in [2.05, 4.69) is 16.4 Å². The van der Waals surface area contributed by atoms with Gasteiger partial charge in [0.25, 0.3) is 0 Å². The minimum absolute atomic E-state index is 0.0195. The Bertz CT molecular complexity index is 346. The van der Waals surface area contributed by atoms with E-state index in [1.165, 1.54) is 6.07 Å². The van der Waals surface area contributed by atoms with Gasteiger partial charge >= 0.3 is 6.61 Å². The van der Waals surface area contributed by atoms with Crippen LogP contribution in [0.25, 0.3) is 0 Å². The molecule has 0 spiro atoms. The van der Waals surface area contributed by atoms with Gasteiger partial charge < -0.3 is 9.47 Å². The van der Waals surface area contributed by atoms with Crippen molar-refractivity contribution in [2.45, 2.75) is 31.5 Å². The van der Waals surface area contributed by atoms with E-state index in [9.17, 15) is 8.78 Å². The highest BCUT2D eigenvalue weighted by atomic mass is 33.1. The molecule has 0 aliphatic heterocycles. The van der Waals surface area contributed by atoms with Crippen molar-refractivity contribution in [3.05, 3.63) is 18.2 Å². The van der Waals surface area contributed by atoms with Crippen LogP contribution in [-0.4, -0.2) is 12.7 Å². The molecule has 90 valence electrons. The number of hydrogen-bond acceptors (Lipinski definition) is 4. The predicted octanol–water partition coefficient (Wildman–Crippen LogP) is 4.01. The lowest BCUT2D eigenvalue weighted by atomic mass is 10.3. The average Bonchev–Trinajstić information content (AvgIpc) is 2.16. The molecular formula is C10H12F2O2S2. The second kappa shape index (κ2) is 6.20. The van der Waals surface area contributed by atoms with Crippen molar-refractivity contribution < 1.29 is 18.3 Å². The third-order valence-corrected chi connectivity index (χ3v) is 2.73. The normalized spacial score (nSPS) is 10.9. The zero-order valence-electron chi connectivity index (χ0n) is 8.81. The number of hydrogen-bond donors (Lipinski definition) is 1. The van der Waals surface area contributed by atoms with Gasteiger partial charge in [-0.2, -0.15) is 8.78 Å². The van der Waals surface area contributed by atoms with Crippen molar-refractivity contribution >= 4 is 22.5 Å². The molecule has 2 nitrogen and oxygen atoms in total. The molecule has 0 aliphatic carbocycles. The highest BCUT2D eigenvalue weighted by Gasteiger charge is 2.11. The first-order valence-electron chi connectivity index (χ1n) is 4.60. The summed E-state index contributed by atoms with van der Waals surface area (Å²) in [6, 6.07) is 4.76. The van der Waals surface area contributed by atoms with E-state index in [0.29, 0.717) is 10.6 Å². The summed E-state index contributed by atoms with van der Waals surface area (Å²) in [6.07, 6.45) is -0.0195. The van der Waals surface area contributed by atoms with Crippen LogP contribution in [0.15, 0.2) is 23.1 Å². The Kier molecular flexibility index (Phi) is 5.21. The van der Waals surface area contributed by atoms with Crippen LogP contribution in [0.4, 0.5) is 8.78 Å². The lowest BCUT2D eigenvalue weighted by Gasteiger charge is -2.13. The van der Waals surface area contributed by atoms with Crippen molar-refractivity contribution in [2.24, 2.45) is 0 Å². The van der Waals surface area contributed by atoms with Gasteiger partial charge in [-0.15, -0.1) is 11.7 Å². The molecule has 0 aromatic heterocycles. The molecule has 6 heteroatoms. The van der Waals surface area contributed by atoms with Crippen LogP contribution < -0.4 is 9.47 Å². The van der Waals surface area contributed by atoms with E-state index < -0.39 is 6.61 Å². The van der Waals surface area contributed by atoms with Gasteiger partial charge in [-0.25, -0.2) is 0 Å². The fraction of sp³-hybridized carbons (Fsp3) is 0.400. The largest absolute Gasteiger partial charge is 0.491 e. The molecule has 16 heavy (non-hydrogen) atoms. The molecule has 1 aromatic carbocycles. The number of ether oxygens (including phenoxy) is 2. The molecule has 0 atom stereocenters. The standard InChI is InChI=1S/C10H12F2O2S2/c1-6(2)13-7-3-4-9(16-15)8(5-7)14-10(11)12/h3-6,10,15H,1-2H3. The van der Waals surface area contributed by atoms with Gasteiger partial charge in [-0.05, 0) is 26.0 Å². The molecule has 0 radical (unpaired) electrons. The van der Waals surface area contributed by atoms with E-state index in [-0.39, 0.29) is 11.9 Å². The molecule has 1 rings (SSSR count). The summed E-state index contributed by atoms with van der Waals surface area (Å²) in [5.41, 5.74) is 0. The summed E-state index contributed by atoms with van der Waals surface area (Å²) in [7, 11) is 1.05. The van der Waals surface area contributed by atoms with Crippen LogP contribution in [0, 0.1) is 0 Å². The van der Waals surface area contributed by atoms with Crippen LogP contribution in [-0.2, 0) is 0 Å². The molecule has 0 saturated heterocycles. The molecule has 0 fully saturated rings. The molecule has 0 aliphatic rings. The van der Waals surface area contributed by atoms with Gasteiger partial charge in [0.05, 0.1) is 11.0 Å². The van der Waals surface area contributed by atoms with E-state index in [1.54, 1.807) is 12.1 Å². The summed E-state index contributed by atoms with van der Waals surface area (Å²) in [5.74, 6) is 0.574. The van der Waals surface area contributed by atoms with E-state index in [0.717, 1.165) is 10.8 Å². The fourth-order valence-electron chi connectivity index (χ4n) is 1.10. The monoisotopic (exact) mass is 266 g/mol. The Labute approximate surface area is 102 Å². The summed E-state index contributed by atoms with van der Waals surface area (Å²) in [6.45, 7) is 0.859. The topological polar surface area (TPSA) is 18.5 Å². The Hall–Kier alpha value is -0.620. The van der Waals surface area contributed by atoms with Crippen LogP contribution in [0.3, 0.4) is 0 Å². The van der Waals surface area contributed by atoms with Gasteiger partial charge in [0.15, 0.2) is 0 Å². The first-order valence-corrected chi connectivity index (χ1v) is 6.46. The smallest absolute Gasteiger partial charge is 0.387 e. The number of alkyl halides is 2. The Morgan fingerprint density at radius 2 is 1.94 bits per heavy atom. The first-order chi connectivity index (χ1) is 7.52. The van der Waals surface area contributed by atoms with Crippen LogP contribution in [0.2, 0.25) is 0 Å². The zero-order valence-corrected chi connectivity index (χ0v) is 10.5. The summed E-state index contributed by atoms with van der Waals surface area (Å²) in [5, 5.41) is 0. The minimum atomic E-state index is -2.85. The molecule has 0 heterocycles. The summed E-state index contributed by atoms with van der Waals surface area (Å²) in [4.78, 5) is 0.528. The lowest BCUT2D eigenvalue weighted by Crippen LogP contribution is -2.07. The molecule has 0 bridgehead atoms. The number of benzene rings is 1. The highest BCUT2D eigenvalue weighted by molar-refractivity contribution is 8.68. The minimum Gasteiger partial charge on any atom is -0.491 e.